The number of nitrogens with zero attached hydrogens (tertiary/aromatic N) is 2. The molecule has 0 unspecified atom stereocenters. The summed E-state index contributed by atoms with van der Waals surface area (Å²) in [6.45, 7) is 0. The zero-order valence-electron chi connectivity index (χ0n) is 11.7. The lowest BCUT2D eigenvalue weighted by molar-refractivity contribution is 0.415. The maximum Gasteiger partial charge on any atom is 0.143 e. The molecule has 5 heteroatoms. The quantitative estimate of drug-likeness (QED) is 0.567. The predicted octanol–water partition coefficient (Wildman–Crippen LogP) is 2.51. The Bertz CT molecular complexity index is 773. The number of fused-ring (bicyclic) bond motifs is 1. The molecular weight excluding hydrogens is 264 g/mol. The van der Waals surface area contributed by atoms with Crippen LogP contribution in [0, 0.1) is 0 Å². The Morgan fingerprint density at radius 2 is 2.10 bits per heavy atom. The van der Waals surface area contributed by atoms with Gasteiger partial charge in [0, 0.05) is 18.7 Å². The van der Waals surface area contributed by atoms with Gasteiger partial charge in [-0.25, -0.2) is 15.8 Å². The molecule has 106 valence electrons. The second-order valence-corrected chi connectivity index (χ2v) is 4.68. The summed E-state index contributed by atoms with van der Waals surface area (Å²) in [4.78, 5) is 8.65. The second-order valence-electron chi connectivity index (χ2n) is 4.68. The molecule has 0 saturated heterocycles. The molecule has 0 aliphatic rings. The molecule has 0 saturated carbocycles. The average molecular weight is 280 g/mol. The molecule has 0 spiro atoms. The zero-order valence-corrected chi connectivity index (χ0v) is 11.7. The van der Waals surface area contributed by atoms with Gasteiger partial charge in [0.1, 0.15) is 17.4 Å². The van der Waals surface area contributed by atoms with E-state index in [1.54, 1.807) is 19.4 Å². The van der Waals surface area contributed by atoms with Gasteiger partial charge in [-0.1, -0.05) is 24.3 Å². The van der Waals surface area contributed by atoms with Crippen LogP contribution < -0.4 is 16.0 Å². The number of aromatic nitrogens is 2. The normalized spacial score (nSPS) is 10.6. The van der Waals surface area contributed by atoms with Crippen molar-refractivity contribution in [2.45, 2.75) is 6.42 Å². The van der Waals surface area contributed by atoms with E-state index in [0.29, 0.717) is 12.2 Å². The standard InChI is InChI=1S/C16H16N4O/c1-21-13-6-5-11-3-2-4-12(14(11)10-13)9-16-18-8-7-15(19-16)20-17/h2-8,10H,9,17H2,1H3,(H,18,19,20). The van der Waals surface area contributed by atoms with Crippen molar-refractivity contribution in [2.75, 3.05) is 12.5 Å². The molecule has 3 aromatic rings. The lowest BCUT2D eigenvalue weighted by atomic mass is 10.0. The van der Waals surface area contributed by atoms with Crippen molar-refractivity contribution in [2.24, 2.45) is 5.84 Å². The average Bonchev–Trinajstić information content (AvgIpc) is 2.55. The Balaban J connectivity index is 2.03. The number of hydrogen-bond donors (Lipinski definition) is 2. The zero-order chi connectivity index (χ0) is 14.7. The van der Waals surface area contributed by atoms with Gasteiger partial charge in [0.2, 0.25) is 0 Å². The molecular formula is C16H16N4O. The molecule has 0 aliphatic heterocycles. The van der Waals surface area contributed by atoms with Gasteiger partial charge in [-0.2, -0.15) is 0 Å². The first-order valence-corrected chi connectivity index (χ1v) is 6.64. The molecule has 1 aromatic heterocycles. The summed E-state index contributed by atoms with van der Waals surface area (Å²) < 4.78 is 5.31. The van der Waals surface area contributed by atoms with E-state index >= 15 is 0 Å². The van der Waals surface area contributed by atoms with Gasteiger partial charge in [0.15, 0.2) is 0 Å². The highest BCUT2D eigenvalue weighted by atomic mass is 16.5. The first-order chi connectivity index (χ1) is 10.3. The van der Waals surface area contributed by atoms with Gasteiger partial charge in [0.25, 0.3) is 0 Å². The SMILES string of the molecule is COc1ccc2cccc(Cc3nccc(NN)n3)c2c1. The lowest BCUT2D eigenvalue weighted by Crippen LogP contribution is -2.10. The summed E-state index contributed by atoms with van der Waals surface area (Å²) in [5.41, 5.74) is 3.69. The summed E-state index contributed by atoms with van der Waals surface area (Å²) >= 11 is 0. The fraction of sp³-hybridized carbons (Fsp3) is 0.125. The number of nitrogens with two attached hydrogens (primary N) is 1. The van der Waals surface area contributed by atoms with Crippen molar-refractivity contribution >= 4 is 16.6 Å². The van der Waals surface area contributed by atoms with E-state index < -0.39 is 0 Å². The number of hydrogen-bond acceptors (Lipinski definition) is 5. The van der Waals surface area contributed by atoms with Gasteiger partial charge in [0.05, 0.1) is 7.11 Å². The van der Waals surface area contributed by atoms with E-state index in [4.69, 9.17) is 10.6 Å². The molecule has 0 radical (unpaired) electrons. The summed E-state index contributed by atoms with van der Waals surface area (Å²) in [7, 11) is 1.67. The highest BCUT2D eigenvalue weighted by Crippen LogP contribution is 2.25. The van der Waals surface area contributed by atoms with Crippen molar-refractivity contribution in [3.63, 3.8) is 0 Å². The maximum absolute atomic E-state index is 5.38. The van der Waals surface area contributed by atoms with E-state index in [1.165, 1.54) is 5.39 Å². The monoisotopic (exact) mass is 280 g/mol. The second kappa shape index (κ2) is 5.76. The molecule has 0 amide bonds. The van der Waals surface area contributed by atoms with E-state index in [1.807, 2.05) is 18.2 Å². The Kier molecular flexibility index (Phi) is 3.66. The molecule has 1 heterocycles. The fourth-order valence-corrected chi connectivity index (χ4v) is 2.33. The maximum atomic E-state index is 5.38. The first-order valence-electron chi connectivity index (χ1n) is 6.64. The number of benzene rings is 2. The number of anilines is 1. The minimum absolute atomic E-state index is 0.609. The number of nitrogen functional groups attached to an aromatic ring is 1. The smallest absolute Gasteiger partial charge is 0.143 e. The third kappa shape index (κ3) is 2.78. The van der Waals surface area contributed by atoms with Crippen LogP contribution in [0.5, 0.6) is 5.75 Å². The van der Waals surface area contributed by atoms with Gasteiger partial charge in [-0.05, 0) is 28.5 Å². The van der Waals surface area contributed by atoms with Gasteiger partial charge in [-0.15, -0.1) is 0 Å². The molecule has 21 heavy (non-hydrogen) atoms. The van der Waals surface area contributed by atoms with Gasteiger partial charge >= 0.3 is 0 Å². The van der Waals surface area contributed by atoms with E-state index in [2.05, 4.69) is 33.6 Å². The Hall–Kier alpha value is -2.66. The van der Waals surface area contributed by atoms with Crippen LogP contribution in [-0.4, -0.2) is 17.1 Å². The molecule has 3 rings (SSSR count). The number of methoxy groups -OCH3 is 1. The fourth-order valence-electron chi connectivity index (χ4n) is 2.33. The lowest BCUT2D eigenvalue weighted by Gasteiger charge is -2.08. The van der Waals surface area contributed by atoms with E-state index in [-0.39, 0.29) is 0 Å². The van der Waals surface area contributed by atoms with Crippen LogP contribution >= 0.6 is 0 Å². The third-order valence-electron chi connectivity index (χ3n) is 3.38. The van der Waals surface area contributed by atoms with Crippen LogP contribution in [0.25, 0.3) is 10.8 Å². The molecule has 3 N–H and O–H groups in total. The summed E-state index contributed by atoms with van der Waals surface area (Å²) in [5.74, 6) is 7.56. The Morgan fingerprint density at radius 3 is 2.90 bits per heavy atom. The Labute approximate surface area is 122 Å². The summed E-state index contributed by atoms with van der Waals surface area (Å²) in [5, 5.41) is 2.31. The molecule has 2 aromatic carbocycles. The van der Waals surface area contributed by atoms with Crippen molar-refractivity contribution < 1.29 is 4.74 Å². The van der Waals surface area contributed by atoms with Crippen LogP contribution in [0.4, 0.5) is 5.82 Å². The molecule has 0 atom stereocenters. The highest BCUT2D eigenvalue weighted by Gasteiger charge is 2.06. The van der Waals surface area contributed by atoms with Crippen molar-refractivity contribution in [3.05, 3.63) is 60.0 Å². The number of rotatable bonds is 4. The number of nitrogens with one attached hydrogen (secondary N) is 1. The molecule has 5 nitrogen and oxygen atoms in total. The number of hydrazine groups is 1. The van der Waals surface area contributed by atoms with E-state index in [9.17, 15) is 0 Å². The predicted molar refractivity (Wildman–Crippen MR) is 83.1 cm³/mol. The summed E-state index contributed by atoms with van der Waals surface area (Å²) in [6, 6.07) is 14.0. The minimum Gasteiger partial charge on any atom is -0.497 e. The van der Waals surface area contributed by atoms with Crippen molar-refractivity contribution in [3.8, 4) is 5.75 Å². The highest BCUT2D eigenvalue weighted by molar-refractivity contribution is 5.87. The summed E-state index contributed by atoms with van der Waals surface area (Å²) in [6.07, 6.45) is 2.34. The Morgan fingerprint density at radius 1 is 1.19 bits per heavy atom. The van der Waals surface area contributed by atoms with Gasteiger partial charge in [-0.3, -0.25) is 0 Å². The largest absolute Gasteiger partial charge is 0.497 e. The van der Waals surface area contributed by atoms with Crippen molar-refractivity contribution in [1.82, 2.24) is 9.97 Å². The topological polar surface area (TPSA) is 73.1 Å². The van der Waals surface area contributed by atoms with Crippen LogP contribution in [0.15, 0.2) is 48.7 Å². The first kappa shape index (κ1) is 13.3. The van der Waals surface area contributed by atoms with Crippen LogP contribution in [-0.2, 0) is 6.42 Å². The van der Waals surface area contributed by atoms with Crippen LogP contribution in [0.2, 0.25) is 0 Å². The van der Waals surface area contributed by atoms with Crippen LogP contribution in [0.1, 0.15) is 11.4 Å². The van der Waals surface area contributed by atoms with E-state index in [0.717, 1.165) is 22.5 Å². The minimum atomic E-state index is 0.609. The van der Waals surface area contributed by atoms with Crippen LogP contribution in [0.3, 0.4) is 0 Å². The molecule has 0 bridgehead atoms. The van der Waals surface area contributed by atoms with Gasteiger partial charge < -0.3 is 10.2 Å². The third-order valence-corrected chi connectivity index (χ3v) is 3.38. The number of ether oxygens (including phenoxy) is 1. The molecule has 0 aliphatic carbocycles. The molecule has 0 fully saturated rings. The van der Waals surface area contributed by atoms with Crippen molar-refractivity contribution in [1.29, 1.82) is 0 Å².